The highest BCUT2D eigenvalue weighted by atomic mass is 16.2. The van der Waals surface area contributed by atoms with Gasteiger partial charge in [0.15, 0.2) is 0 Å². The van der Waals surface area contributed by atoms with Gasteiger partial charge in [0.25, 0.3) is 0 Å². The van der Waals surface area contributed by atoms with Gasteiger partial charge in [-0.3, -0.25) is 14.3 Å². The molecule has 3 N–H and O–H groups in total. The van der Waals surface area contributed by atoms with E-state index in [4.69, 9.17) is 5.73 Å². The van der Waals surface area contributed by atoms with Crippen LogP contribution in [0.4, 0.5) is 0 Å². The topological polar surface area (TPSA) is 90.0 Å². The first-order chi connectivity index (χ1) is 7.09. The molecule has 0 spiro atoms. The molecule has 0 saturated heterocycles. The SMILES string of the molecule is Cn1nccc1C=CC(=O)NCC(N)=O. The summed E-state index contributed by atoms with van der Waals surface area (Å²) < 4.78 is 1.62. The lowest BCUT2D eigenvalue weighted by molar-refractivity contribution is -0.122. The summed E-state index contributed by atoms with van der Waals surface area (Å²) >= 11 is 0. The average Bonchev–Trinajstić information content (AvgIpc) is 2.58. The van der Waals surface area contributed by atoms with Gasteiger partial charge in [-0.25, -0.2) is 0 Å². The number of amides is 2. The van der Waals surface area contributed by atoms with E-state index in [0.29, 0.717) is 0 Å². The minimum atomic E-state index is -0.572. The molecule has 6 heteroatoms. The van der Waals surface area contributed by atoms with Gasteiger partial charge in [-0.05, 0) is 12.1 Å². The number of rotatable bonds is 4. The zero-order chi connectivity index (χ0) is 11.3. The van der Waals surface area contributed by atoms with Crippen molar-refractivity contribution >= 4 is 17.9 Å². The first kappa shape index (κ1) is 11.0. The zero-order valence-electron chi connectivity index (χ0n) is 8.30. The standard InChI is InChI=1S/C9H12N4O2/c1-13-7(4-5-12-13)2-3-9(15)11-6-8(10)14/h2-5H,6H2,1H3,(H2,10,14)(H,11,15). The fourth-order valence-corrected chi connectivity index (χ4v) is 0.942. The number of nitrogens with two attached hydrogens (primary N) is 1. The lowest BCUT2D eigenvalue weighted by Gasteiger charge is -1.97. The van der Waals surface area contributed by atoms with Crippen molar-refractivity contribution in [3.8, 4) is 0 Å². The molecule has 0 aliphatic heterocycles. The number of primary amides is 1. The largest absolute Gasteiger partial charge is 0.368 e. The fraction of sp³-hybridized carbons (Fsp3) is 0.222. The van der Waals surface area contributed by atoms with Crippen LogP contribution in [0.15, 0.2) is 18.3 Å². The van der Waals surface area contributed by atoms with Crippen molar-refractivity contribution in [3.05, 3.63) is 24.0 Å². The summed E-state index contributed by atoms with van der Waals surface area (Å²) in [6, 6.07) is 1.76. The highest BCUT2D eigenvalue weighted by molar-refractivity contribution is 5.93. The summed E-state index contributed by atoms with van der Waals surface area (Å²) in [5.74, 6) is -0.938. The van der Waals surface area contributed by atoms with Gasteiger partial charge in [-0.1, -0.05) is 0 Å². The molecule has 0 unspecified atom stereocenters. The smallest absolute Gasteiger partial charge is 0.244 e. The zero-order valence-corrected chi connectivity index (χ0v) is 8.30. The summed E-state index contributed by atoms with van der Waals surface area (Å²) in [6.07, 6.45) is 4.55. The molecule has 1 rings (SSSR count). The van der Waals surface area contributed by atoms with Gasteiger partial charge in [0, 0.05) is 19.3 Å². The number of hydrogen-bond acceptors (Lipinski definition) is 3. The minimum absolute atomic E-state index is 0.158. The number of nitrogens with one attached hydrogen (secondary N) is 1. The highest BCUT2D eigenvalue weighted by Crippen LogP contribution is 1.98. The molecule has 0 saturated carbocycles. The second-order valence-corrected chi connectivity index (χ2v) is 2.90. The summed E-state index contributed by atoms with van der Waals surface area (Å²) in [7, 11) is 1.76. The second-order valence-electron chi connectivity index (χ2n) is 2.90. The van der Waals surface area contributed by atoms with E-state index in [9.17, 15) is 9.59 Å². The molecule has 6 nitrogen and oxygen atoms in total. The monoisotopic (exact) mass is 208 g/mol. The van der Waals surface area contributed by atoms with E-state index in [1.165, 1.54) is 6.08 Å². The Morgan fingerprint density at radius 3 is 2.93 bits per heavy atom. The van der Waals surface area contributed by atoms with Gasteiger partial charge >= 0.3 is 0 Å². The Hall–Kier alpha value is -2.11. The first-order valence-corrected chi connectivity index (χ1v) is 4.32. The fourth-order valence-electron chi connectivity index (χ4n) is 0.942. The number of aryl methyl sites for hydroxylation is 1. The first-order valence-electron chi connectivity index (χ1n) is 4.32. The van der Waals surface area contributed by atoms with Crippen LogP contribution in [-0.2, 0) is 16.6 Å². The van der Waals surface area contributed by atoms with Crippen LogP contribution in [0.2, 0.25) is 0 Å². The third-order valence-electron chi connectivity index (χ3n) is 1.70. The number of hydrogen-bond donors (Lipinski definition) is 2. The number of carbonyl (C=O) groups is 2. The van der Waals surface area contributed by atoms with Crippen LogP contribution in [0, 0.1) is 0 Å². The minimum Gasteiger partial charge on any atom is -0.368 e. The van der Waals surface area contributed by atoms with Crippen LogP contribution in [-0.4, -0.2) is 28.1 Å². The van der Waals surface area contributed by atoms with Crippen molar-refractivity contribution < 1.29 is 9.59 Å². The molecule has 2 amide bonds. The number of carbonyl (C=O) groups excluding carboxylic acids is 2. The lowest BCUT2D eigenvalue weighted by Crippen LogP contribution is -2.32. The Morgan fingerprint density at radius 1 is 1.67 bits per heavy atom. The van der Waals surface area contributed by atoms with Crippen molar-refractivity contribution in [1.29, 1.82) is 0 Å². The van der Waals surface area contributed by atoms with E-state index in [1.807, 2.05) is 0 Å². The molecule has 0 radical (unpaired) electrons. The molecule has 0 aliphatic rings. The van der Waals surface area contributed by atoms with Crippen molar-refractivity contribution in [2.75, 3.05) is 6.54 Å². The van der Waals surface area contributed by atoms with E-state index in [1.54, 1.807) is 30.1 Å². The van der Waals surface area contributed by atoms with E-state index >= 15 is 0 Å². The maximum atomic E-state index is 11.1. The Kier molecular flexibility index (Phi) is 3.61. The van der Waals surface area contributed by atoms with Crippen LogP contribution < -0.4 is 11.1 Å². The normalized spacial score (nSPS) is 10.5. The van der Waals surface area contributed by atoms with Crippen LogP contribution in [0.1, 0.15) is 5.69 Å². The van der Waals surface area contributed by atoms with Crippen LogP contribution in [0.25, 0.3) is 6.08 Å². The van der Waals surface area contributed by atoms with Crippen molar-refractivity contribution in [2.45, 2.75) is 0 Å². The van der Waals surface area contributed by atoms with Gasteiger partial charge in [0.05, 0.1) is 12.2 Å². The molecular weight excluding hydrogens is 196 g/mol. The Balaban J connectivity index is 2.48. The highest BCUT2D eigenvalue weighted by Gasteiger charge is 1.98. The van der Waals surface area contributed by atoms with Crippen molar-refractivity contribution in [1.82, 2.24) is 15.1 Å². The van der Waals surface area contributed by atoms with E-state index in [-0.39, 0.29) is 12.5 Å². The van der Waals surface area contributed by atoms with Crippen LogP contribution in [0.3, 0.4) is 0 Å². The Morgan fingerprint density at radius 2 is 2.40 bits per heavy atom. The van der Waals surface area contributed by atoms with Crippen molar-refractivity contribution in [3.63, 3.8) is 0 Å². The molecule has 1 aromatic heterocycles. The molecule has 0 atom stereocenters. The summed E-state index contributed by atoms with van der Waals surface area (Å²) in [4.78, 5) is 21.5. The van der Waals surface area contributed by atoms with Gasteiger partial charge in [-0.15, -0.1) is 0 Å². The van der Waals surface area contributed by atoms with Crippen LogP contribution >= 0.6 is 0 Å². The summed E-state index contributed by atoms with van der Waals surface area (Å²) in [5, 5.41) is 6.26. The van der Waals surface area contributed by atoms with Gasteiger partial charge < -0.3 is 11.1 Å². The Bertz CT molecular complexity index is 395. The molecule has 0 bridgehead atoms. The molecular formula is C9H12N4O2. The predicted molar refractivity (Wildman–Crippen MR) is 54.4 cm³/mol. The number of aromatic nitrogens is 2. The molecule has 1 heterocycles. The average molecular weight is 208 g/mol. The van der Waals surface area contributed by atoms with Gasteiger partial charge in [0.2, 0.25) is 11.8 Å². The molecule has 80 valence electrons. The summed E-state index contributed by atoms with van der Waals surface area (Å²) in [6.45, 7) is -0.158. The summed E-state index contributed by atoms with van der Waals surface area (Å²) in [5.41, 5.74) is 5.66. The Labute approximate surface area is 86.8 Å². The maximum absolute atomic E-state index is 11.1. The molecule has 1 aromatic rings. The van der Waals surface area contributed by atoms with Gasteiger partial charge in [0.1, 0.15) is 0 Å². The second kappa shape index (κ2) is 4.94. The number of nitrogens with zero attached hydrogens (tertiary/aromatic N) is 2. The van der Waals surface area contributed by atoms with Crippen molar-refractivity contribution in [2.24, 2.45) is 12.8 Å². The lowest BCUT2D eigenvalue weighted by atomic mass is 10.3. The molecule has 0 aliphatic carbocycles. The van der Waals surface area contributed by atoms with Gasteiger partial charge in [-0.2, -0.15) is 5.10 Å². The van der Waals surface area contributed by atoms with Crippen LogP contribution in [0.5, 0.6) is 0 Å². The van der Waals surface area contributed by atoms with E-state index in [0.717, 1.165) is 5.69 Å². The van der Waals surface area contributed by atoms with E-state index in [2.05, 4.69) is 10.4 Å². The third kappa shape index (κ3) is 3.63. The maximum Gasteiger partial charge on any atom is 0.244 e. The third-order valence-corrected chi connectivity index (χ3v) is 1.70. The molecule has 15 heavy (non-hydrogen) atoms. The molecule has 0 fully saturated rings. The predicted octanol–water partition coefficient (Wildman–Crippen LogP) is -0.965. The van der Waals surface area contributed by atoms with E-state index < -0.39 is 5.91 Å². The quantitative estimate of drug-likeness (QED) is 0.624. The molecule has 0 aromatic carbocycles.